The standard InChI is InChI=1S/C14H23N3O/c1-10-7-11(2)16-14(13(10)8-15)17-5-4-6-18-12(3)9-17/h7,12H,4-6,8-9,15H2,1-3H3. The van der Waals surface area contributed by atoms with Gasteiger partial charge in [0, 0.05) is 37.5 Å². The third kappa shape index (κ3) is 2.82. The van der Waals surface area contributed by atoms with E-state index in [0.29, 0.717) is 6.54 Å². The summed E-state index contributed by atoms with van der Waals surface area (Å²) in [7, 11) is 0. The molecule has 0 amide bonds. The molecule has 2 rings (SSSR count). The van der Waals surface area contributed by atoms with Crippen molar-refractivity contribution in [1.29, 1.82) is 0 Å². The van der Waals surface area contributed by atoms with Crippen LogP contribution in [0.1, 0.15) is 30.2 Å². The minimum atomic E-state index is 0.251. The van der Waals surface area contributed by atoms with Gasteiger partial charge in [0.05, 0.1) is 6.10 Å². The fourth-order valence-electron chi connectivity index (χ4n) is 2.54. The van der Waals surface area contributed by atoms with Crippen molar-refractivity contribution in [1.82, 2.24) is 4.98 Å². The Labute approximate surface area is 109 Å². The van der Waals surface area contributed by atoms with Crippen LogP contribution < -0.4 is 10.6 Å². The smallest absolute Gasteiger partial charge is 0.133 e. The third-order valence-corrected chi connectivity index (χ3v) is 3.41. The average Bonchev–Trinajstić information content (AvgIpc) is 2.53. The van der Waals surface area contributed by atoms with Crippen molar-refractivity contribution in [2.45, 2.75) is 39.8 Å². The van der Waals surface area contributed by atoms with Crippen LogP contribution in [-0.4, -0.2) is 30.8 Å². The van der Waals surface area contributed by atoms with Gasteiger partial charge < -0.3 is 15.4 Å². The predicted octanol–water partition coefficient (Wildman–Crippen LogP) is 1.77. The number of aryl methyl sites for hydroxylation is 2. The SMILES string of the molecule is Cc1cc(C)c(CN)c(N2CCCOC(C)C2)n1. The molecule has 0 aliphatic carbocycles. The minimum absolute atomic E-state index is 0.251. The Morgan fingerprint density at radius 1 is 1.50 bits per heavy atom. The minimum Gasteiger partial charge on any atom is -0.377 e. The summed E-state index contributed by atoms with van der Waals surface area (Å²) in [5.74, 6) is 1.05. The molecule has 2 heterocycles. The van der Waals surface area contributed by atoms with E-state index in [1.807, 2.05) is 6.92 Å². The van der Waals surface area contributed by atoms with Gasteiger partial charge in [0.25, 0.3) is 0 Å². The van der Waals surface area contributed by atoms with Crippen LogP contribution in [0.25, 0.3) is 0 Å². The van der Waals surface area contributed by atoms with Gasteiger partial charge in [-0.2, -0.15) is 0 Å². The number of nitrogens with zero attached hydrogens (tertiary/aromatic N) is 2. The highest BCUT2D eigenvalue weighted by Crippen LogP contribution is 2.24. The number of hydrogen-bond acceptors (Lipinski definition) is 4. The summed E-state index contributed by atoms with van der Waals surface area (Å²) >= 11 is 0. The maximum Gasteiger partial charge on any atom is 0.133 e. The zero-order valence-corrected chi connectivity index (χ0v) is 11.6. The van der Waals surface area contributed by atoms with E-state index in [1.165, 1.54) is 5.56 Å². The number of pyridine rings is 1. The molecule has 1 aromatic rings. The molecule has 2 N–H and O–H groups in total. The van der Waals surface area contributed by atoms with Crippen molar-refractivity contribution in [2.75, 3.05) is 24.6 Å². The predicted molar refractivity (Wildman–Crippen MR) is 73.8 cm³/mol. The highest BCUT2D eigenvalue weighted by atomic mass is 16.5. The maximum absolute atomic E-state index is 5.88. The molecule has 1 unspecified atom stereocenters. The van der Waals surface area contributed by atoms with E-state index >= 15 is 0 Å². The molecule has 0 aromatic carbocycles. The Balaban J connectivity index is 2.35. The normalized spacial score (nSPS) is 20.9. The van der Waals surface area contributed by atoms with Gasteiger partial charge in [-0.25, -0.2) is 4.98 Å². The zero-order valence-electron chi connectivity index (χ0n) is 11.6. The van der Waals surface area contributed by atoms with E-state index in [2.05, 4.69) is 24.8 Å². The molecule has 18 heavy (non-hydrogen) atoms. The Bertz CT molecular complexity index is 420. The lowest BCUT2D eigenvalue weighted by molar-refractivity contribution is 0.0820. The van der Waals surface area contributed by atoms with Gasteiger partial charge in [-0.15, -0.1) is 0 Å². The lowest BCUT2D eigenvalue weighted by atomic mass is 10.1. The summed E-state index contributed by atoms with van der Waals surface area (Å²) in [5, 5.41) is 0. The van der Waals surface area contributed by atoms with Gasteiger partial charge in [0.2, 0.25) is 0 Å². The van der Waals surface area contributed by atoms with Crippen LogP contribution in [0.2, 0.25) is 0 Å². The van der Waals surface area contributed by atoms with Gasteiger partial charge in [0.15, 0.2) is 0 Å². The average molecular weight is 249 g/mol. The molecule has 0 saturated carbocycles. The van der Waals surface area contributed by atoms with E-state index < -0.39 is 0 Å². The quantitative estimate of drug-likeness (QED) is 0.868. The summed E-state index contributed by atoms with van der Waals surface area (Å²) in [6.07, 6.45) is 1.30. The summed E-state index contributed by atoms with van der Waals surface area (Å²) in [4.78, 5) is 7.01. The van der Waals surface area contributed by atoms with Gasteiger partial charge in [0.1, 0.15) is 5.82 Å². The van der Waals surface area contributed by atoms with E-state index in [1.54, 1.807) is 0 Å². The molecule has 1 aromatic heterocycles. The zero-order chi connectivity index (χ0) is 13.1. The van der Waals surface area contributed by atoms with E-state index in [4.69, 9.17) is 15.5 Å². The van der Waals surface area contributed by atoms with Crippen LogP contribution in [0, 0.1) is 13.8 Å². The van der Waals surface area contributed by atoms with E-state index in [9.17, 15) is 0 Å². The number of rotatable bonds is 2. The van der Waals surface area contributed by atoms with Crippen LogP contribution in [0.4, 0.5) is 5.82 Å². The number of aromatic nitrogens is 1. The fourth-order valence-corrected chi connectivity index (χ4v) is 2.54. The Morgan fingerprint density at radius 3 is 3.00 bits per heavy atom. The molecule has 1 aliphatic rings. The first-order valence-corrected chi connectivity index (χ1v) is 6.65. The molecule has 1 aliphatic heterocycles. The van der Waals surface area contributed by atoms with Crippen molar-refractivity contribution in [2.24, 2.45) is 5.73 Å². The molecule has 1 fully saturated rings. The number of anilines is 1. The number of ether oxygens (including phenoxy) is 1. The number of hydrogen-bond donors (Lipinski definition) is 1. The molecular weight excluding hydrogens is 226 g/mol. The molecule has 1 saturated heterocycles. The number of nitrogens with two attached hydrogens (primary N) is 1. The van der Waals surface area contributed by atoms with Gasteiger partial charge in [-0.05, 0) is 38.8 Å². The Hall–Kier alpha value is -1.13. The highest BCUT2D eigenvalue weighted by Gasteiger charge is 2.19. The Morgan fingerprint density at radius 2 is 2.28 bits per heavy atom. The molecule has 4 nitrogen and oxygen atoms in total. The summed E-state index contributed by atoms with van der Waals surface area (Å²) < 4.78 is 5.69. The molecule has 100 valence electrons. The summed E-state index contributed by atoms with van der Waals surface area (Å²) in [6, 6.07) is 2.10. The second-order valence-corrected chi connectivity index (χ2v) is 5.07. The third-order valence-electron chi connectivity index (χ3n) is 3.41. The molecule has 0 spiro atoms. The monoisotopic (exact) mass is 249 g/mol. The first kappa shape index (κ1) is 13.3. The van der Waals surface area contributed by atoms with Crippen molar-refractivity contribution >= 4 is 5.82 Å². The first-order valence-electron chi connectivity index (χ1n) is 6.65. The lowest BCUT2D eigenvalue weighted by Crippen LogP contribution is -2.32. The van der Waals surface area contributed by atoms with Crippen molar-refractivity contribution < 1.29 is 4.74 Å². The molecular formula is C14H23N3O. The fraction of sp³-hybridized carbons (Fsp3) is 0.643. The topological polar surface area (TPSA) is 51.4 Å². The summed E-state index contributed by atoms with van der Waals surface area (Å²) in [6.45, 7) is 9.52. The van der Waals surface area contributed by atoms with Gasteiger partial charge in [-0.1, -0.05) is 0 Å². The molecule has 0 bridgehead atoms. The second-order valence-electron chi connectivity index (χ2n) is 5.07. The first-order chi connectivity index (χ1) is 8.61. The van der Waals surface area contributed by atoms with Crippen LogP contribution in [0.5, 0.6) is 0 Å². The van der Waals surface area contributed by atoms with Crippen molar-refractivity contribution in [3.8, 4) is 0 Å². The van der Waals surface area contributed by atoms with Crippen LogP contribution in [0.3, 0.4) is 0 Å². The van der Waals surface area contributed by atoms with Gasteiger partial charge >= 0.3 is 0 Å². The van der Waals surface area contributed by atoms with Crippen LogP contribution in [0.15, 0.2) is 6.07 Å². The Kier molecular flexibility index (Phi) is 4.19. The van der Waals surface area contributed by atoms with Crippen molar-refractivity contribution in [3.05, 3.63) is 22.9 Å². The summed E-state index contributed by atoms with van der Waals surface area (Å²) in [5.41, 5.74) is 9.33. The van der Waals surface area contributed by atoms with E-state index in [0.717, 1.165) is 43.2 Å². The highest BCUT2D eigenvalue weighted by molar-refractivity contribution is 5.51. The van der Waals surface area contributed by atoms with Gasteiger partial charge in [-0.3, -0.25) is 0 Å². The molecule has 0 radical (unpaired) electrons. The van der Waals surface area contributed by atoms with Crippen molar-refractivity contribution in [3.63, 3.8) is 0 Å². The van der Waals surface area contributed by atoms with E-state index in [-0.39, 0.29) is 6.10 Å². The molecule has 4 heteroatoms. The van der Waals surface area contributed by atoms with Crippen LogP contribution in [-0.2, 0) is 11.3 Å². The maximum atomic E-state index is 5.88. The van der Waals surface area contributed by atoms with Crippen LogP contribution >= 0.6 is 0 Å². The molecule has 1 atom stereocenters. The largest absolute Gasteiger partial charge is 0.377 e. The second kappa shape index (κ2) is 5.67. The lowest BCUT2D eigenvalue weighted by Gasteiger charge is -2.26.